The van der Waals surface area contributed by atoms with E-state index in [0.29, 0.717) is 6.54 Å². The maximum absolute atomic E-state index is 12.7. The molecular formula is C20H22N4O3. The molecule has 0 fully saturated rings. The van der Waals surface area contributed by atoms with Gasteiger partial charge in [-0.2, -0.15) is 0 Å². The Balaban J connectivity index is 2.01. The van der Waals surface area contributed by atoms with Crippen molar-refractivity contribution < 1.29 is 5.11 Å². The van der Waals surface area contributed by atoms with Crippen LogP contribution in [0.1, 0.15) is 29.8 Å². The number of allylic oxidation sites excluding steroid dienone is 1. The summed E-state index contributed by atoms with van der Waals surface area (Å²) in [4.78, 5) is 32.7. The number of likely N-dealkylation sites (N-methyl/N-ethyl adjacent to an activating group) is 1. The lowest BCUT2D eigenvalue weighted by molar-refractivity contribution is 0.214. The fourth-order valence-corrected chi connectivity index (χ4v) is 4.08. The molecule has 7 heteroatoms. The average Bonchev–Trinajstić information content (AvgIpc) is 3.04. The molecule has 0 saturated carbocycles. The van der Waals surface area contributed by atoms with Gasteiger partial charge in [0.1, 0.15) is 5.56 Å². The van der Waals surface area contributed by atoms with Crippen LogP contribution in [0, 0.1) is 0 Å². The third-order valence-electron chi connectivity index (χ3n) is 5.33. The van der Waals surface area contributed by atoms with Gasteiger partial charge in [0, 0.05) is 29.7 Å². The lowest BCUT2D eigenvalue weighted by Crippen LogP contribution is -2.41. The van der Waals surface area contributed by atoms with Crippen LogP contribution in [0.25, 0.3) is 10.9 Å². The molecule has 0 radical (unpaired) electrons. The fraction of sp³-hybridized carbons (Fsp3) is 0.300. The van der Waals surface area contributed by atoms with Gasteiger partial charge in [0.2, 0.25) is 5.88 Å². The van der Waals surface area contributed by atoms with Crippen LogP contribution in [0.2, 0.25) is 0 Å². The van der Waals surface area contributed by atoms with Crippen molar-refractivity contribution in [1.29, 1.82) is 0 Å². The smallest absolute Gasteiger partial charge is 0.331 e. The highest BCUT2D eigenvalue weighted by atomic mass is 16.3. The summed E-state index contributed by atoms with van der Waals surface area (Å²) in [6, 6.07) is 7.57. The third-order valence-corrected chi connectivity index (χ3v) is 5.33. The normalized spacial score (nSPS) is 17.1. The second-order valence-electron chi connectivity index (χ2n) is 6.74. The predicted octanol–water partition coefficient (Wildman–Crippen LogP) is 1.88. The van der Waals surface area contributed by atoms with Crippen LogP contribution in [0.3, 0.4) is 0 Å². The Morgan fingerprint density at radius 1 is 1.30 bits per heavy atom. The molecule has 3 heterocycles. The number of H-pyrrole nitrogens is 2. The summed E-state index contributed by atoms with van der Waals surface area (Å²) in [5.41, 5.74) is 2.03. The molecule has 27 heavy (non-hydrogen) atoms. The van der Waals surface area contributed by atoms with Crippen molar-refractivity contribution in [3.8, 4) is 5.88 Å². The lowest BCUT2D eigenvalue weighted by Gasteiger charge is -2.35. The number of hydrogen-bond donors (Lipinski definition) is 3. The van der Waals surface area contributed by atoms with E-state index in [2.05, 4.69) is 27.5 Å². The summed E-state index contributed by atoms with van der Waals surface area (Å²) >= 11 is 0. The number of benzene rings is 1. The van der Waals surface area contributed by atoms with Crippen molar-refractivity contribution in [2.45, 2.75) is 25.9 Å². The van der Waals surface area contributed by atoms with E-state index in [1.54, 1.807) is 0 Å². The average molecular weight is 366 g/mol. The van der Waals surface area contributed by atoms with Gasteiger partial charge in [-0.3, -0.25) is 19.2 Å². The van der Waals surface area contributed by atoms with Crippen LogP contribution in [0.4, 0.5) is 0 Å². The van der Waals surface area contributed by atoms with Crippen LogP contribution >= 0.6 is 0 Å². The molecule has 3 aromatic rings. The second-order valence-corrected chi connectivity index (χ2v) is 6.74. The van der Waals surface area contributed by atoms with Crippen molar-refractivity contribution in [3.63, 3.8) is 0 Å². The minimum absolute atomic E-state index is 0.118. The zero-order valence-corrected chi connectivity index (χ0v) is 15.2. The summed E-state index contributed by atoms with van der Waals surface area (Å²) in [5.74, 6) is -0.307. The summed E-state index contributed by atoms with van der Waals surface area (Å²) in [5, 5.41) is 11.9. The van der Waals surface area contributed by atoms with Crippen molar-refractivity contribution in [2.75, 3.05) is 13.1 Å². The van der Waals surface area contributed by atoms with E-state index in [1.807, 2.05) is 25.1 Å². The standard InChI is InChI=1S/C20H22N4O3/c1-3-10-24-19(26)15(18(25)22-20(24)27)17-16-13(9-11-23(17)4-2)12-7-5-6-8-14(12)21-16/h3,5-8,17,21,26H,1,4,9-11H2,2H3,(H,22,25,27)/t17-/m0/s1. The second kappa shape index (κ2) is 6.59. The van der Waals surface area contributed by atoms with Gasteiger partial charge in [-0.15, -0.1) is 6.58 Å². The van der Waals surface area contributed by atoms with Gasteiger partial charge in [-0.1, -0.05) is 31.2 Å². The number of rotatable bonds is 4. The molecule has 1 aliphatic heterocycles. The van der Waals surface area contributed by atoms with Gasteiger partial charge in [0.25, 0.3) is 5.56 Å². The first-order chi connectivity index (χ1) is 13.1. The van der Waals surface area contributed by atoms with Crippen molar-refractivity contribution >= 4 is 10.9 Å². The summed E-state index contributed by atoms with van der Waals surface area (Å²) in [6.07, 6.45) is 2.37. The first kappa shape index (κ1) is 17.4. The van der Waals surface area contributed by atoms with Crippen LogP contribution in [0.5, 0.6) is 5.88 Å². The first-order valence-corrected chi connectivity index (χ1v) is 9.07. The number of aromatic hydroxyl groups is 1. The number of fused-ring (bicyclic) bond motifs is 3. The van der Waals surface area contributed by atoms with Crippen molar-refractivity contribution in [1.82, 2.24) is 19.4 Å². The molecule has 0 bridgehead atoms. The highest BCUT2D eigenvalue weighted by Gasteiger charge is 2.35. The summed E-state index contributed by atoms with van der Waals surface area (Å²) in [6.45, 7) is 7.22. The number of nitrogens with one attached hydrogen (secondary N) is 2. The molecule has 0 amide bonds. The summed E-state index contributed by atoms with van der Waals surface area (Å²) < 4.78 is 1.13. The summed E-state index contributed by atoms with van der Waals surface area (Å²) in [7, 11) is 0. The van der Waals surface area contributed by atoms with Gasteiger partial charge in [0.05, 0.1) is 6.04 Å². The molecule has 1 aliphatic rings. The van der Waals surface area contributed by atoms with Gasteiger partial charge in [0.15, 0.2) is 0 Å². The Morgan fingerprint density at radius 3 is 2.81 bits per heavy atom. The van der Waals surface area contributed by atoms with Gasteiger partial charge in [-0.25, -0.2) is 4.79 Å². The molecule has 0 aliphatic carbocycles. The number of aromatic amines is 2. The minimum Gasteiger partial charge on any atom is -0.494 e. The van der Waals surface area contributed by atoms with E-state index in [9.17, 15) is 14.7 Å². The van der Waals surface area contributed by atoms with Crippen LogP contribution in [-0.4, -0.2) is 37.6 Å². The maximum Gasteiger partial charge on any atom is 0.331 e. The van der Waals surface area contributed by atoms with Gasteiger partial charge in [-0.05, 0) is 24.6 Å². The van der Waals surface area contributed by atoms with Crippen molar-refractivity contribution in [2.24, 2.45) is 0 Å². The number of nitrogens with zero attached hydrogens (tertiary/aromatic N) is 2. The largest absolute Gasteiger partial charge is 0.494 e. The fourth-order valence-electron chi connectivity index (χ4n) is 4.08. The molecule has 3 N–H and O–H groups in total. The Bertz CT molecular complexity index is 1140. The molecular weight excluding hydrogens is 344 g/mol. The zero-order valence-electron chi connectivity index (χ0n) is 15.2. The maximum atomic E-state index is 12.7. The zero-order chi connectivity index (χ0) is 19.1. The van der Waals surface area contributed by atoms with Crippen LogP contribution in [0.15, 0.2) is 46.5 Å². The highest BCUT2D eigenvalue weighted by Crippen LogP contribution is 2.39. The Kier molecular flexibility index (Phi) is 4.24. The van der Waals surface area contributed by atoms with E-state index in [0.717, 1.165) is 39.7 Å². The molecule has 2 aromatic heterocycles. The van der Waals surface area contributed by atoms with E-state index < -0.39 is 17.3 Å². The molecule has 0 saturated heterocycles. The topological polar surface area (TPSA) is 94.1 Å². The predicted molar refractivity (Wildman–Crippen MR) is 104 cm³/mol. The van der Waals surface area contributed by atoms with E-state index in [-0.39, 0.29) is 18.0 Å². The Labute approximate surface area is 155 Å². The van der Waals surface area contributed by atoms with E-state index >= 15 is 0 Å². The van der Waals surface area contributed by atoms with Crippen molar-refractivity contribution in [3.05, 3.63) is 74.6 Å². The van der Waals surface area contributed by atoms with Crippen LogP contribution < -0.4 is 11.2 Å². The molecule has 4 rings (SSSR count). The van der Waals surface area contributed by atoms with Gasteiger partial charge >= 0.3 is 5.69 Å². The minimum atomic E-state index is -0.642. The van der Waals surface area contributed by atoms with Crippen LogP contribution in [-0.2, 0) is 13.0 Å². The Morgan fingerprint density at radius 2 is 2.07 bits per heavy atom. The molecule has 1 atom stereocenters. The molecule has 1 aromatic carbocycles. The first-order valence-electron chi connectivity index (χ1n) is 9.07. The highest BCUT2D eigenvalue weighted by molar-refractivity contribution is 5.85. The number of para-hydroxylation sites is 1. The quantitative estimate of drug-likeness (QED) is 0.615. The third kappa shape index (κ3) is 2.62. The molecule has 0 unspecified atom stereocenters. The molecule has 140 valence electrons. The SMILES string of the molecule is C=CCn1c(O)c([C@H]2c3[nH]c4ccccc4c3CCN2CC)c(=O)[nH]c1=O. The number of hydrogen-bond acceptors (Lipinski definition) is 4. The number of aromatic nitrogens is 3. The Hall–Kier alpha value is -3.06. The van der Waals surface area contributed by atoms with E-state index in [1.165, 1.54) is 6.08 Å². The lowest BCUT2D eigenvalue weighted by atomic mass is 9.93. The van der Waals surface area contributed by atoms with E-state index in [4.69, 9.17) is 0 Å². The molecule has 0 spiro atoms. The van der Waals surface area contributed by atoms with Gasteiger partial charge < -0.3 is 10.1 Å². The molecule has 7 nitrogen and oxygen atoms in total. The monoisotopic (exact) mass is 366 g/mol.